The minimum absolute atomic E-state index is 0.231. The van der Waals surface area contributed by atoms with Crippen molar-refractivity contribution in [1.29, 1.82) is 0 Å². The highest BCUT2D eigenvalue weighted by Crippen LogP contribution is 2.14. The molecule has 0 aromatic carbocycles. The largest absolute Gasteiger partial charge is 0.477 e. The van der Waals surface area contributed by atoms with E-state index in [-0.39, 0.29) is 6.23 Å². The van der Waals surface area contributed by atoms with Crippen LogP contribution in [-0.4, -0.2) is 18.2 Å². The average molecular weight is 113 g/mol. The molecule has 8 heavy (non-hydrogen) atoms. The van der Waals surface area contributed by atoms with Crippen LogP contribution in [0.4, 0.5) is 0 Å². The summed E-state index contributed by atoms with van der Waals surface area (Å²) >= 11 is 0. The molecule has 2 heteroatoms. The highest BCUT2D eigenvalue weighted by atomic mass is 16.5. The third kappa shape index (κ3) is 0.661. The zero-order chi connectivity index (χ0) is 6.15. The van der Waals surface area contributed by atoms with Crippen LogP contribution in [0.25, 0.3) is 0 Å². The summed E-state index contributed by atoms with van der Waals surface area (Å²) in [5.41, 5.74) is 1.19. The van der Waals surface area contributed by atoms with Gasteiger partial charge in [-0.25, -0.2) is 0 Å². The molecule has 2 nitrogen and oxygen atoms in total. The SMILES string of the molecule is CC1=COC(C)N1C. The van der Waals surface area contributed by atoms with Crippen molar-refractivity contribution < 1.29 is 4.74 Å². The molecule has 1 unspecified atom stereocenters. The van der Waals surface area contributed by atoms with Crippen molar-refractivity contribution in [2.75, 3.05) is 7.05 Å². The highest BCUT2D eigenvalue weighted by Gasteiger charge is 2.14. The van der Waals surface area contributed by atoms with E-state index < -0.39 is 0 Å². The maximum absolute atomic E-state index is 5.14. The fourth-order valence-electron chi connectivity index (χ4n) is 0.658. The smallest absolute Gasteiger partial charge is 0.168 e. The molecule has 0 N–H and O–H groups in total. The van der Waals surface area contributed by atoms with E-state index in [0.29, 0.717) is 0 Å². The lowest BCUT2D eigenvalue weighted by Gasteiger charge is -2.16. The number of allylic oxidation sites excluding steroid dienone is 1. The van der Waals surface area contributed by atoms with Gasteiger partial charge in [-0.3, -0.25) is 0 Å². The molecule has 1 rings (SSSR count). The molecular weight excluding hydrogens is 102 g/mol. The number of rotatable bonds is 0. The van der Waals surface area contributed by atoms with Gasteiger partial charge in [0.2, 0.25) is 0 Å². The molecular formula is C6H11NO. The fraction of sp³-hybridized carbons (Fsp3) is 0.667. The van der Waals surface area contributed by atoms with Crippen LogP contribution in [0.3, 0.4) is 0 Å². The van der Waals surface area contributed by atoms with Crippen LogP contribution in [0.1, 0.15) is 13.8 Å². The Kier molecular flexibility index (Phi) is 1.16. The predicted molar refractivity (Wildman–Crippen MR) is 32.1 cm³/mol. The molecule has 0 fully saturated rings. The summed E-state index contributed by atoms with van der Waals surface area (Å²) in [5.74, 6) is 0. The molecule has 0 saturated heterocycles. The van der Waals surface area contributed by atoms with Crippen LogP contribution in [0, 0.1) is 0 Å². The molecule has 46 valence electrons. The van der Waals surface area contributed by atoms with Crippen molar-refractivity contribution in [3.63, 3.8) is 0 Å². The van der Waals surface area contributed by atoms with E-state index in [0.717, 1.165) is 0 Å². The summed E-state index contributed by atoms with van der Waals surface area (Å²) < 4.78 is 5.14. The van der Waals surface area contributed by atoms with E-state index in [4.69, 9.17) is 4.74 Å². The lowest BCUT2D eigenvalue weighted by atomic mass is 10.5. The van der Waals surface area contributed by atoms with Crippen LogP contribution in [0.2, 0.25) is 0 Å². The molecule has 0 aliphatic carbocycles. The number of hydrogen-bond acceptors (Lipinski definition) is 2. The number of nitrogens with zero attached hydrogens (tertiary/aromatic N) is 1. The Bertz CT molecular complexity index is 120. The monoisotopic (exact) mass is 113 g/mol. The van der Waals surface area contributed by atoms with Crippen molar-refractivity contribution in [2.24, 2.45) is 0 Å². The third-order valence-corrected chi connectivity index (χ3v) is 1.54. The Labute approximate surface area is 49.7 Å². The number of hydrogen-bond donors (Lipinski definition) is 0. The Morgan fingerprint density at radius 1 is 1.75 bits per heavy atom. The van der Waals surface area contributed by atoms with Gasteiger partial charge in [0.1, 0.15) is 6.26 Å². The van der Waals surface area contributed by atoms with Gasteiger partial charge in [-0.2, -0.15) is 0 Å². The molecule has 0 amide bonds. The van der Waals surface area contributed by atoms with E-state index in [2.05, 4.69) is 4.90 Å². The van der Waals surface area contributed by atoms with Crippen LogP contribution in [-0.2, 0) is 4.74 Å². The second-order valence-corrected chi connectivity index (χ2v) is 2.11. The normalized spacial score (nSPS) is 27.6. The van der Waals surface area contributed by atoms with Gasteiger partial charge in [-0.1, -0.05) is 0 Å². The van der Waals surface area contributed by atoms with Gasteiger partial charge in [0, 0.05) is 12.7 Å². The topological polar surface area (TPSA) is 12.5 Å². The summed E-state index contributed by atoms with van der Waals surface area (Å²) in [4.78, 5) is 2.08. The zero-order valence-corrected chi connectivity index (χ0v) is 5.51. The Balaban J connectivity index is 2.59. The van der Waals surface area contributed by atoms with E-state index in [1.54, 1.807) is 6.26 Å². The minimum Gasteiger partial charge on any atom is -0.477 e. The molecule has 0 aromatic heterocycles. The zero-order valence-electron chi connectivity index (χ0n) is 5.51. The van der Waals surface area contributed by atoms with Crippen LogP contribution < -0.4 is 0 Å². The fourth-order valence-corrected chi connectivity index (χ4v) is 0.658. The Morgan fingerprint density at radius 3 is 2.50 bits per heavy atom. The van der Waals surface area contributed by atoms with Gasteiger partial charge in [-0.05, 0) is 13.8 Å². The molecule has 1 aliphatic rings. The summed E-state index contributed by atoms with van der Waals surface area (Å²) in [6.45, 7) is 4.05. The van der Waals surface area contributed by atoms with Crippen LogP contribution in [0.15, 0.2) is 12.0 Å². The summed E-state index contributed by atoms with van der Waals surface area (Å²) in [5, 5.41) is 0. The van der Waals surface area contributed by atoms with Gasteiger partial charge < -0.3 is 9.64 Å². The maximum atomic E-state index is 5.14. The van der Waals surface area contributed by atoms with E-state index in [9.17, 15) is 0 Å². The molecule has 1 aliphatic heterocycles. The van der Waals surface area contributed by atoms with Gasteiger partial charge in [0.15, 0.2) is 6.23 Å². The Hall–Kier alpha value is -0.660. The van der Waals surface area contributed by atoms with Crippen molar-refractivity contribution >= 4 is 0 Å². The first-order chi connectivity index (χ1) is 3.72. The highest BCUT2D eigenvalue weighted by molar-refractivity contribution is 4.96. The van der Waals surface area contributed by atoms with E-state index in [1.165, 1.54) is 5.70 Å². The predicted octanol–water partition coefficient (Wildman–Crippen LogP) is 1.16. The van der Waals surface area contributed by atoms with Gasteiger partial charge in [0.25, 0.3) is 0 Å². The molecule has 0 saturated carbocycles. The Morgan fingerprint density at radius 2 is 2.38 bits per heavy atom. The molecule has 0 aromatic rings. The van der Waals surface area contributed by atoms with Crippen molar-refractivity contribution in [3.8, 4) is 0 Å². The molecule has 0 spiro atoms. The van der Waals surface area contributed by atoms with Crippen LogP contribution >= 0.6 is 0 Å². The standard InChI is InChI=1S/C6H11NO/c1-5-4-8-6(2)7(5)3/h4,6H,1-3H3. The summed E-state index contributed by atoms with van der Waals surface area (Å²) in [6.07, 6.45) is 2.01. The maximum Gasteiger partial charge on any atom is 0.168 e. The van der Waals surface area contributed by atoms with E-state index in [1.807, 2.05) is 20.9 Å². The average Bonchev–Trinajstić information content (AvgIpc) is 1.98. The molecule has 0 radical (unpaired) electrons. The lowest BCUT2D eigenvalue weighted by molar-refractivity contribution is 0.0872. The van der Waals surface area contributed by atoms with Gasteiger partial charge in [0.05, 0.1) is 0 Å². The molecule has 0 bridgehead atoms. The number of ether oxygens (including phenoxy) is 1. The second-order valence-electron chi connectivity index (χ2n) is 2.11. The molecule has 1 heterocycles. The first-order valence-corrected chi connectivity index (χ1v) is 2.77. The van der Waals surface area contributed by atoms with E-state index >= 15 is 0 Å². The van der Waals surface area contributed by atoms with Gasteiger partial charge in [-0.15, -0.1) is 0 Å². The van der Waals surface area contributed by atoms with Crippen molar-refractivity contribution in [1.82, 2.24) is 4.90 Å². The second kappa shape index (κ2) is 1.69. The van der Waals surface area contributed by atoms with Crippen molar-refractivity contribution in [3.05, 3.63) is 12.0 Å². The summed E-state index contributed by atoms with van der Waals surface area (Å²) in [7, 11) is 2.02. The quantitative estimate of drug-likeness (QED) is 0.467. The third-order valence-electron chi connectivity index (χ3n) is 1.54. The first kappa shape index (κ1) is 5.48. The lowest BCUT2D eigenvalue weighted by Crippen LogP contribution is -2.22. The molecule has 1 atom stereocenters. The minimum atomic E-state index is 0.231. The van der Waals surface area contributed by atoms with Crippen LogP contribution in [0.5, 0.6) is 0 Å². The first-order valence-electron chi connectivity index (χ1n) is 2.77. The van der Waals surface area contributed by atoms with Gasteiger partial charge >= 0.3 is 0 Å². The van der Waals surface area contributed by atoms with Crippen molar-refractivity contribution in [2.45, 2.75) is 20.1 Å². The summed E-state index contributed by atoms with van der Waals surface area (Å²) in [6, 6.07) is 0.